The van der Waals surface area contributed by atoms with Gasteiger partial charge in [0, 0.05) is 6.04 Å². The predicted molar refractivity (Wildman–Crippen MR) is 64.3 cm³/mol. The fourth-order valence-electron chi connectivity index (χ4n) is 1.73. The van der Waals surface area contributed by atoms with Gasteiger partial charge >= 0.3 is 0 Å². The highest BCUT2D eigenvalue weighted by Crippen LogP contribution is 2.24. The maximum Gasteiger partial charge on any atom is 0.119 e. The van der Waals surface area contributed by atoms with E-state index in [1.165, 1.54) is 11.1 Å². The second-order valence-corrected chi connectivity index (χ2v) is 3.59. The first-order chi connectivity index (χ1) is 7.22. The molecule has 0 bridgehead atoms. The smallest absolute Gasteiger partial charge is 0.119 e. The lowest BCUT2D eigenvalue weighted by Gasteiger charge is -2.17. The van der Waals surface area contributed by atoms with Crippen molar-refractivity contribution in [3.05, 3.63) is 42.0 Å². The van der Waals surface area contributed by atoms with E-state index >= 15 is 0 Å². The summed E-state index contributed by atoms with van der Waals surface area (Å²) in [5.74, 6) is 0.907. The highest BCUT2D eigenvalue weighted by Gasteiger charge is 2.10. The SMILES string of the molecule is C=CCC(NC)c1ccc(OC)cc1C. The van der Waals surface area contributed by atoms with Crippen molar-refractivity contribution in [1.29, 1.82) is 0 Å². The summed E-state index contributed by atoms with van der Waals surface area (Å²) >= 11 is 0. The molecule has 2 heteroatoms. The molecule has 15 heavy (non-hydrogen) atoms. The zero-order valence-electron chi connectivity index (χ0n) is 9.71. The van der Waals surface area contributed by atoms with Crippen molar-refractivity contribution in [2.24, 2.45) is 0 Å². The van der Waals surface area contributed by atoms with Crippen LogP contribution in [0.3, 0.4) is 0 Å². The van der Waals surface area contributed by atoms with Gasteiger partial charge in [0.25, 0.3) is 0 Å². The standard InChI is InChI=1S/C13H19NO/c1-5-6-13(14-3)12-8-7-11(15-4)9-10(12)2/h5,7-9,13-14H,1,6H2,2-4H3. The average molecular weight is 205 g/mol. The molecule has 0 aliphatic carbocycles. The minimum Gasteiger partial charge on any atom is -0.497 e. The van der Waals surface area contributed by atoms with E-state index in [1.807, 2.05) is 19.2 Å². The molecule has 0 radical (unpaired) electrons. The lowest BCUT2D eigenvalue weighted by Crippen LogP contribution is -2.16. The number of nitrogens with one attached hydrogen (secondary N) is 1. The second kappa shape index (κ2) is 5.56. The molecule has 1 unspecified atom stereocenters. The third-order valence-electron chi connectivity index (χ3n) is 2.60. The predicted octanol–water partition coefficient (Wildman–Crippen LogP) is 2.84. The highest BCUT2D eigenvalue weighted by molar-refractivity contribution is 5.36. The Bertz CT molecular complexity index is 333. The molecule has 1 aromatic carbocycles. The summed E-state index contributed by atoms with van der Waals surface area (Å²) in [4.78, 5) is 0. The van der Waals surface area contributed by atoms with Crippen LogP contribution >= 0.6 is 0 Å². The summed E-state index contributed by atoms with van der Waals surface area (Å²) in [7, 11) is 3.66. The Hall–Kier alpha value is -1.28. The molecule has 82 valence electrons. The zero-order chi connectivity index (χ0) is 11.3. The van der Waals surface area contributed by atoms with Gasteiger partial charge in [-0.05, 0) is 43.7 Å². The van der Waals surface area contributed by atoms with Crippen molar-refractivity contribution >= 4 is 0 Å². The molecule has 0 spiro atoms. The molecule has 0 aromatic heterocycles. The Morgan fingerprint density at radius 1 is 1.53 bits per heavy atom. The Kier molecular flexibility index (Phi) is 4.37. The van der Waals surface area contributed by atoms with Crippen LogP contribution in [0.25, 0.3) is 0 Å². The molecule has 0 heterocycles. The summed E-state index contributed by atoms with van der Waals surface area (Å²) < 4.78 is 5.18. The Balaban J connectivity index is 2.97. The average Bonchev–Trinajstić information content (AvgIpc) is 2.26. The van der Waals surface area contributed by atoms with Crippen LogP contribution < -0.4 is 10.1 Å². The van der Waals surface area contributed by atoms with Crippen LogP contribution in [0.4, 0.5) is 0 Å². The Morgan fingerprint density at radius 3 is 2.73 bits per heavy atom. The third kappa shape index (κ3) is 2.83. The Labute approximate surface area is 92.0 Å². The van der Waals surface area contributed by atoms with E-state index in [-0.39, 0.29) is 0 Å². The van der Waals surface area contributed by atoms with E-state index in [0.717, 1.165) is 12.2 Å². The van der Waals surface area contributed by atoms with E-state index in [2.05, 4.69) is 31.0 Å². The minimum absolute atomic E-state index is 0.341. The van der Waals surface area contributed by atoms with E-state index < -0.39 is 0 Å². The molecule has 0 saturated heterocycles. The third-order valence-corrected chi connectivity index (χ3v) is 2.60. The number of methoxy groups -OCH3 is 1. The van der Waals surface area contributed by atoms with E-state index in [4.69, 9.17) is 4.74 Å². The zero-order valence-corrected chi connectivity index (χ0v) is 9.71. The molecule has 1 rings (SSSR count). The van der Waals surface area contributed by atoms with E-state index in [9.17, 15) is 0 Å². The van der Waals surface area contributed by atoms with Crippen molar-refractivity contribution in [2.75, 3.05) is 14.2 Å². The summed E-state index contributed by atoms with van der Waals surface area (Å²) in [6.07, 6.45) is 2.87. The number of rotatable bonds is 5. The van der Waals surface area contributed by atoms with Gasteiger partial charge in [-0.3, -0.25) is 0 Å². The van der Waals surface area contributed by atoms with Crippen molar-refractivity contribution in [3.8, 4) is 5.75 Å². The van der Waals surface area contributed by atoms with E-state index in [1.54, 1.807) is 7.11 Å². The summed E-state index contributed by atoms with van der Waals surface area (Å²) in [5, 5.41) is 3.29. The fourth-order valence-corrected chi connectivity index (χ4v) is 1.73. The maximum absolute atomic E-state index is 5.18. The van der Waals surface area contributed by atoms with Crippen LogP contribution in [-0.4, -0.2) is 14.2 Å². The quantitative estimate of drug-likeness (QED) is 0.746. The molecule has 1 atom stereocenters. The highest BCUT2D eigenvalue weighted by atomic mass is 16.5. The van der Waals surface area contributed by atoms with Gasteiger partial charge in [0.1, 0.15) is 5.75 Å². The molecule has 1 aromatic rings. The summed E-state index contributed by atoms with van der Waals surface area (Å²) in [5.41, 5.74) is 2.55. The van der Waals surface area contributed by atoms with Crippen molar-refractivity contribution < 1.29 is 4.74 Å². The van der Waals surface area contributed by atoms with Crippen molar-refractivity contribution in [2.45, 2.75) is 19.4 Å². The molecule has 0 fully saturated rings. The normalized spacial score (nSPS) is 12.2. The van der Waals surface area contributed by atoms with Crippen molar-refractivity contribution in [3.63, 3.8) is 0 Å². The molecular weight excluding hydrogens is 186 g/mol. The molecular formula is C13H19NO. The van der Waals surface area contributed by atoms with Crippen molar-refractivity contribution in [1.82, 2.24) is 5.32 Å². The molecule has 0 amide bonds. The largest absolute Gasteiger partial charge is 0.497 e. The minimum atomic E-state index is 0.341. The number of hydrogen-bond acceptors (Lipinski definition) is 2. The first kappa shape index (κ1) is 11.8. The maximum atomic E-state index is 5.18. The fraction of sp³-hybridized carbons (Fsp3) is 0.385. The van der Waals surface area contributed by atoms with E-state index in [0.29, 0.717) is 6.04 Å². The lowest BCUT2D eigenvalue weighted by molar-refractivity contribution is 0.414. The van der Waals surface area contributed by atoms with Gasteiger partial charge in [0.15, 0.2) is 0 Å². The summed E-state index contributed by atoms with van der Waals surface area (Å²) in [6.45, 7) is 5.88. The van der Waals surface area contributed by atoms with Gasteiger partial charge in [0.2, 0.25) is 0 Å². The lowest BCUT2D eigenvalue weighted by atomic mass is 9.98. The van der Waals surface area contributed by atoms with Crippen LogP contribution in [0.15, 0.2) is 30.9 Å². The monoisotopic (exact) mass is 205 g/mol. The molecule has 0 aliphatic heterocycles. The van der Waals surface area contributed by atoms with Gasteiger partial charge in [0.05, 0.1) is 7.11 Å². The van der Waals surface area contributed by atoms with Crippen LogP contribution in [-0.2, 0) is 0 Å². The second-order valence-electron chi connectivity index (χ2n) is 3.59. The van der Waals surface area contributed by atoms with Crippen LogP contribution in [0.2, 0.25) is 0 Å². The number of benzene rings is 1. The first-order valence-corrected chi connectivity index (χ1v) is 5.15. The summed E-state index contributed by atoms with van der Waals surface area (Å²) in [6, 6.07) is 6.51. The van der Waals surface area contributed by atoms with Gasteiger partial charge in [-0.25, -0.2) is 0 Å². The molecule has 1 N–H and O–H groups in total. The Morgan fingerprint density at radius 2 is 2.27 bits per heavy atom. The number of ether oxygens (including phenoxy) is 1. The molecule has 2 nitrogen and oxygen atoms in total. The topological polar surface area (TPSA) is 21.3 Å². The van der Waals surface area contributed by atoms with Gasteiger partial charge in [-0.15, -0.1) is 6.58 Å². The van der Waals surface area contributed by atoms with Gasteiger partial charge in [-0.2, -0.15) is 0 Å². The number of aryl methyl sites for hydroxylation is 1. The first-order valence-electron chi connectivity index (χ1n) is 5.15. The van der Waals surface area contributed by atoms with Gasteiger partial charge < -0.3 is 10.1 Å². The van der Waals surface area contributed by atoms with Crippen LogP contribution in [0, 0.1) is 6.92 Å². The van der Waals surface area contributed by atoms with Crippen LogP contribution in [0.1, 0.15) is 23.6 Å². The van der Waals surface area contributed by atoms with Crippen LogP contribution in [0.5, 0.6) is 5.75 Å². The number of hydrogen-bond donors (Lipinski definition) is 1. The molecule has 0 aliphatic rings. The van der Waals surface area contributed by atoms with Gasteiger partial charge in [-0.1, -0.05) is 12.1 Å². The molecule has 0 saturated carbocycles.